The average Bonchev–Trinajstić information content (AvgIpc) is 3.75. The number of para-hydroxylation sites is 2. The van der Waals surface area contributed by atoms with E-state index < -0.39 is 0 Å². The number of carbonyl (C=O) groups excluding carboxylic acids is 1. The molecule has 6 rings (SSSR count). The Morgan fingerprint density at radius 2 is 1.35 bits per heavy atom. The Labute approximate surface area is 242 Å². The number of rotatable bonds is 13. The Hall–Kier alpha value is -3.74. The van der Waals surface area contributed by atoms with Crippen LogP contribution in [0.4, 0.5) is 10.3 Å². The Bertz CT molecular complexity index is 1660. The zero-order valence-electron chi connectivity index (χ0n) is 21.5. The van der Waals surface area contributed by atoms with E-state index in [0.717, 1.165) is 80.2 Å². The van der Waals surface area contributed by atoms with Crippen LogP contribution in [-0.4, -0.2) is 44.4 Å². The van der Waals surface area contributed by atoms with Crippen LogP contribution in [-0.2, 0) is 30.5 Å². The molecule has 4 aromatic heterocycles. The topological polar surface area (TPSA) is 119 Å². The summed E-state index contributed by atoms with van der Waals surface area (Å²) in [5.74, 6) is 3.29. The van der Waals surface area contributed by atoms with Crippen molar-refractivity contribution in [1.82, 2.24) is 20.4 Å². The molecule has 0 radical (unpaired) electrons. The van der Waals surface area contributed by atoms with Crippen molar-refractivity contribution in [3.63, 3.8) is 0 Å². The molecule has 204 valence electrons. The van der Waals surface area contributed by atoms with Crippen LogP contribution in [0.3, 0.4) is 0 Å². The van der Waals surface area contributed by atoms with E-state index in [0.29, 0.717) is 10.9 Å². The number of aryl methyl sites for hydroxylation is 2. The number of furan rings is 2. The van der Waals surface area contributed by atoms with Crippen molar-refractivity contribution >= 4 is 72.5 Å². The fraction of sp³-hybridized carbons (Fsp3) is 0.250. The molecule has 2 aromatic carbocycles. The zero-order valence-corrected chi connectivity index (χ0v) is 23.9. The third-order valence-corrected chi connectivity index (χ3v) is 8.86. The highest BCUT2D eigenvalue weighted by atomic mass is 32.2. The van der Waals surface area contributed by atoms with Gasteiger partial charge in [0.1, 0.15) is 32.7 Å². The maximum Gasteiger partial charge on any atom is 0.233 e. The van der Waals surface area contributed by atoms with E-state index in [9.17, 15) is 4.79 Å². The normalized spacial score (nSPS) is 11.4. The number of hydrogen-bond acceptors (Lipinski definition) is 11. The molecule has 0 aliphatic carbocycles. The number of nitrogens with zero attached hydrogens (tertiary/aromatic N) is 4. The molecule has 0 aliphatic rings. The lowest BCUT2D eigenvalue weighted by atomic mass is 10.2. The lowest BCUT2D eigenvalue weighted by molar-refractivity contribution is -0.115. The van der Waals surface area contributed by atoms with Crippen molar-refractivity contribution in [1.29, 1.82) is 0 Å². The predicted molar refractivity (Wildman–Crippen MR) is 162 cm³/mol. The second-order valence-corrected chi connectivity index (χ2v) is 12.4. The third kappa shape index (κ3) is 6.87. The molecule has 0 unspecified atom stereocenters. The van der Waals surface area contributed by atoms with Gasteiger partial charge in [0.15, 0.2) is 0 Å². The second kappa shape index (κ2) is 12.6. The van der Waals surface area contributed by atoms with Gasteiger partial charge in [-0.05, 0) is 35.8 Å². The SMILES string of the molecule is O=C(Cc1cc2ccccc2o1)Nc1nnc(CCSCCc2nnc(NCCc3cc4ccccc4o3)s2)s1. The number of carbonyl (C=O) groups is 1. The van der Waals surface area contributed by atoms with Crippen LogP contribution in [0, 0.1) is 0 Å². The van der Waals surface area contributed by atoms with E-state index in [1.807, 2.05) is 60.3 Å². The minimum atomic E-state index is -0.170. The molecule has 12 heteroatoms. The molecule has 0 spiro atoms. The summed E-state index contributed by atoms with van der Waals surface area (Å²) in [7, 11) is 0. The number of aromatic nitrogens is 4. The second-order valence-electron chi connectivity index (χ2n) is 9.02. The molecule has 0 bridgehead atoms. The van der Waals surface area contributed by atoms with Crippen molar-refractivity contribution in [2.75, 3.05) is 28.7 Å². The Morgan fingerprint density at radius 1 is 0.750 bits per heavy atom. The summed E-state index contributed by atoms with van der Waals surface area (Å²) in [5.41, 5.74) is 1.70. The van der Waals surface area contributed by atoms with Crippen molar-refractivity contribution in [2.24, 2.45) is 0 Å². The van der Waals surface area contributed by atoms with Crippen molar-refractivity contribution in [3.8, 4) is 0 Å². The van der Waals surface area contributed by atoms with Gasteiger partial charge in [-0.1, -0.05) is 59.1 Å². The molecule has 1 amide bonds. The first-order valence-corrected chi connectivity index (χ1v) is 15.7. The number of amides is 1. The highest BCUT2D eigenvalue weighted by molar-refractivity contribution is 7.99. The van der Waals surface area contributed by atoms with Crippen molar-refractivity contribution in [3.05, 3.63) is 82.2 Å². The first kappa shape index (κ1) is 26.5. The summed E-state index contributed by atoms with van der Waals surface area (Å²) in [4.78, 5) is 12.4. The van der Waals surface area contributed by atoms with Gasteiger partial charge in [-0.2, -0.15) is 11.8 Å². The fourth-order valence-electron chi connectivity index (χ4n) is 4.15. The fourth-order valence-corrected chi connectivity index (χ4v) is 6.81. The lowest BCUT2D eigenvalue weighted by Crippen LogP contribution is -2.13. The van der Waals surface area contributed by atoms with E-state index in [1.165, 1.54) is 11.3 Å². The average molecular weight is 591 g/mol. The molecule has 0 fully saturated rings. The van der Waals surface area contributed by atoms with E-state index in [1.54, 1.807) is 11.3 Å². The van der Waals surface area contributed by atoms with Gasteiger partial charge in [-0.3, -0.25) is 4.79 Å². The summed E-state index contributed by atoms with van der Waals surface area (Å²) in [5, 5.41) is 28.4. The van der Waals surface area contributed by atoms with E-state index in [2.05, 4.69) is 43.2 Å². The highest BCUT2D eigenvalue weighted by Gasteiger charge is 2.12. The van der Waals surface area contributed by atoms with Gasteiger partial charge in [0.25, 0.3) is 0 Å². The van der Waals surface area contributed by atoms with Crippen LogP contribution >= 0.6 is 34.4 Å². The summed E-state index contributed by atoms with van der Waals surface area (Å²) in [6.45, 7) is 0.743. The predicted octanol–water partition coefficient (Wildman–Crippen LogP) is 6.24. The van der Waals surface area contributed by atoms with Gasteiger partial charge in [0, 0.05) is 36.6 Å². The van der Waals surface area contributed by atoms with Crippen LogP contribution < -0.4 is 10.6 Å². The quantitative estimate of drug-likeness (QED) is 0.151. The molecule has 40 heavy (non-hydrogen) atoms. The molecular formula is C28H26N6O3S3. The minimum absolute atomic E-state index is 0.156. The Kier molecular flexibility index (Phi) is 8.36. The van der Waals surface area contributed by atoms with Gasteiger partial charge < -0.3 is 19.5 Å². The standard InChI is InChI=1S/C28H26N6O3S3/c35-24(17-21-16-19-6-2-4-8-23(19)37-21)30-28-34-32-26(40-28)11-14-38-13-10-25-31-33-27(39-25)29-12-9-20-15-18-5-1-3-7-22(18)36-20/h1-8,15-16H,9-14,17H2,(H,29,33)(H,30,34,35). The molecule has 0 aliphatic heterocycles. The highest BCUT2D eigenvalue weighted by Crippen LogP contribution is 2.23. The summed E-state index contributed by atoms with van der Waals surface area (Å²) < 4.78 is 11.6. The summed E-state index contributed by atoms with van der Waals surface area (Å²) in [6, 6.07) is 19.7. The van der Waals surface area contributed by atoms with Gasteiger partial charge >= 0.3 is 0 Å². The third-order valence-electron chi connectivity index (χ3n) is 6.04. The first-order chi connectivity index (χ1) is 19.7. The van der Waals surface area contributed by atoms with Crippen molar-refractivity contribution < 1.29 is 13.6 Å². The zero-order chi connectivity index (χ0) is 27.1. The molecule has 9 nitrogen and oxygen atoms in total. The minimum Gasteiger partial charge on any atom is -0.461 e. The molecule has 6 aromatic rings. The number of thioether (sulfide) groups is 1. The maximum absolute atomic E-state index is 12.4. The molecule has 0 atom stereocenters. The molecular weight excluding hydrogens is 565 g/mol. The maximum atomic E-state index is 12.4. The van der Waals surface area contributed by atoms with E-state index in [-0.39, 0.29) is 12.3 Å². The number of hydrogen-bond donors (Lipinski definition) is 2. The Balaban J connectivity index is 0.868. The lowest BCUT2D eigenvalue weighted by Gasteiger charge is -1.99. The molecule has 0 saturated carbocycles. The van der Waals surface area contributed by atoms with Gasteiger partial charge in [0.05, 0.1) is 6.42 Å². The number of nitrogens with one attached hydrogen (secondary N) is 2. The van der Waals surface area contributed by atoms with Crippen LogP contribution in [0.5, 0.6) is 0 Å². The van der Waals surface area contributed by atoms with E-state index >= 15 is 0 Å². The summed E-state index contributed by atoms with van der Waals surface area (Å²) >= 11 is 4.84. The smallest absolute Gasteiger partial charge is 0.233 e. The monoisotopic (exact) mass is 590 g/mol. The van der Waals surface area contributed by atoms with Crippen LogP contribution in [0.1, 0.15) is 21.5 Å². The molecule has 0 saturated heterocycles. The van der Waals surface area contributed by atoms with Crippen LogP contribution in [0.25, 0.3) is 21.9 Å². The van der Waals surface area contributed by atoms with Gasteiger partial charge in [-0.15, -0.1) is 20.4 Å². The molecule has 2 N–H and O–H groups in total. The largest absolute Gasteiger partial charge is 0.461 e. The Morgan fingerprint density at radius 3 is 2.05 bits per heavy atom. The molecule has 4 heterocycles. The van der Waals surface area contributed by atoms with Crippen LogP contribution in [0.2, 0.25) is 0 Å². The van der Waals surface area contributed by atoms with E-state index in [4.69, 9.17) is 8.83 Å². The first-order valence-electron chi connectivity index (χ1n) is 12.9. The van der Waals surface area contributed by atoms with Gasteiger partial charge in [0.2, 0.25) is 16.2 Å². The number of anilines is 2. The van der Waals surface area contributed by atoms with Crippen LogP contribution in [0.15, 0.2) is 69.5 Å². The number of fused-ring (bicyclic) bond motifs is 2. The van der Waals surface area contributed by atoms with Gasteiger partial charge in [-0.25, -0.2) is 0 Å². The van der Waals surface area contributed by atoms with Crippen molar-refractivity contribution in [2.45, 2.75) is 25.7 Å². The number of benzene rings is 2. The summed E-state index contributed by atoms with van der Waals surface area (Å²) in [6.07, 6.45) is 2.61.